The predicted octanol–water partition coefficient (Wildman–Crippen LogP) is 0.737. The van der Waals surface area contributed by atoms with E-state index in [9.17, 15) is 13.2 Å². The lowest BCUT2D eigenvalue weighted by Crippen LogP contribution is -2.52. The van der Waals surface area contributed by atoms with Gasteiger partial charge in [0, 0.05) is 44.0 Å². The molecule has 2 heterocycles. The summed E-state index contributed by atoms with van der Waals surface area (Å²) in [6.45, 7) is 1.44. The van der Waals surface area contributed by atoms with E-state index in [0.29, 0.717) is 19.5 Å². The fraction of sp³-hybridized carbons (Fsp3) is 0.600. The summed E-state index contributed by atoms with van der Waals surface area (Å²) in [7, 11) is -3.24. The Morgan fingerprint density at radius 3 is 2.91 bits per heavy atom. The monoisotopic (exact) mass is 340 g/mol. The van der Waals surface area contributed by atoms with Crippen LogP contribution in [0.15, 0.2) is 24.4 Å². The summed E-state index contributed by atoms with van der Waals surface area (Å²) in [6.07, 6.45) is 6.31. The fourth-order valence-electron chi connectivity index (χ4n) is 2.67. The molecule has 0 aromatic carbocycles. The average Bonchev–Trinajstić information content (AvgIpc) is 2.53. The number of piperidine rings is 1. The number of carbonyl (C=O) groups is 1. The molecule has 7 nitrogen and oxygen atoms in total. The minimum Gasteiger partial charge on any atom is -0.338 e. The van der Waals surface area contributed by atoms with E-state index in [0.717, 1.165) is 31.2 Å². The number of nitrogens with one attached hydrogen (secondary N) is 2. The number of rotatable bonds is 6. The number of hydrogen-bond acceptors (Lipinski definition) is 4. The molecule has 1 atom stereocenters. The number of carbonyl (C=O) groups excluding carboxylic acids is 1. The maximum atomic E-state index is 12.3. The van der Waals surface area contributed by atoms with Crippen LogP contribution in [0.25, 0.3) is 0 Å². The number of amides is 2. The molecule has 0 saturated carbocycles. The zero-order chi connectivity index (χ0) is 16.7. The first-order valence-corrected chi connectivity index (χ1v) is 9.74. The zero-order valence-corrected chi connectivity index (χ0v) is 14.2. The Kier molecular flexibility index (Phi) is 6.35. The van der Waals surface area contributed by atoms with E-state index in [1.165, 1.54) is 0 Å². The third-order valence-corrected chi connectivity index (χ3v) is 4.54. The summed E-state index contributed by atoms with van der Waals surface area (Å²) in [5.41, 5.74) is 0.932. The largest absolute Gasteiger partial charge is 0.338 e. The van der Waals surface area contributed by atoms with Gasteiger partial charge in [0.05, 0.1) is 6.26 Å². The molecule has 2 N–H and O–H groups in total. The second-order valence-corrected chi connectivity index (χ2v) is 7.60. The van der Waals surface area contributed by atoms with Crippen LogP contribution >= 0.6 is 0 Å². The first-order valence-electron chi connectivity index (χ1n) is 7.85. The van der Waals surface area contributed by atoms with Gasteiger partial charge < -0.3 is 10.2 Å². The molecule has 8 heteroatoms. The molecule has 1 fully saturated rings. The van der Waals surface area contributed by atoms with Gasteiger partial charge in [0.1, 0.15) is 0 Å². The molecule has 2 rings (SSSR count). The number of sulfonamides is 1. The summed E-state index contributed by atoms with van der Waals surface area (Å²) in [6, 6.07) is 5.47. The second-order valence-electron chi connectivity index (χ2n) is 5.77. The quantitative estimate of drug-likeness (QED) is 0.799. The van der Waals surface area contributed by atoms with Gasteiger partial charge in [0.25, 0.3) is 0 Å². The first kappa shape index (κ1) is 17.7. The van der Waals surface area contributed by atoms with Gasteiger partial charge in [-0.1, -0.05) is 6.07 Å². The van der Waals surface area contributed by atoms with Crippen LogP contribution in [-0.2, 0) is 16.4 Å². The molecule has 128 valence electrons. The number of nitrogens with zero attached hydrogens (tertiary/aromatic N) is 2. The second kappa shape index (κ2) is 8.26. The fourth-order valence-corrected chi connectivity index (χ4v) is 3.17. The number of aromatic nitrogens is 1. The molecule has 0 spiro atoms. The van der Waals surface area contributed by atoms with Crippen LogP contribution in [0, 0.1) is 0 Å². The van der Waals surface area contributed by atoms with E-state index in [2.05, 4.69) is 15.0 Å². The molecule has 1 aliphatic heterocycles. The average molecular weight is 340 g/mol. The van der Waals surface area contributed by atoms with Gasteiger partial charge in [0.15, 0.2) is 0 Å². The zero-order valence-electron chi connectivity index (χ0n) is 13.4. The topological polar surface area (TPSA) is 91.4 Å². The molecule has 0 aliphatic carbocycles. The highest BCUT2D eigenvalue weighted by atomic mass is 32.2. The van der Waals surface area contributed by atoms with Gasteiger partial charge in [-0.15, -0.1) is 0 Å². The summed E-state index contributed by atoms with van der Waals surface area (Å²) < 4.78 is 25.0. The maximum absolute atomic E-state index is 12.3. The van der Waals surface area contributed by atoms with Gasteiger partial charge in [-0.2, -0.15) is 0 Å². The van der Waals surface area contributed by atoms with Crippen molar-refractivity contribution in [2.24, 2.45) is 0 Å². The third kappa shape index (κ3) is 6.15. The molecule has 1 aromatic heterocycles. The molecule has 23 heavy (non-hydrogen) atoms. The molecule has 0 bridgehead atoms. The minimum atomic E-state index is -3.24. The number of pyridine rings is 1. The molecule has 1 aromatic rings. The Morgan fingerprint density at radius 1 is 1.39 bits per heavy atom. The van der Waals surface area contributed by atoms with E-state index in [1.54, 1.807) is 11.1 Å². The third-order valence-electron chi connectivity index (χ3n) is 3.85. The normalized spacial score (nSPS) is 18.7. The molecule has 2 amide bonds. The maximum Gasteiger partial charge on any atom is 0.317 e. The highest BCUT2D eigenvalue weighted by molar-refractivity contribution is 7.88. The van der Waals surface area contributed by atoms with E-state index in [-0.39, 0.29) is 18.6 Å². The van der Waals surface area contributed by atoms with Crippen molar-refractivity contribution in [2.75, 3.05) is 25.9 Å². The number of likely N-dealkylation sites (tertiary alicyclic amines) is 1. The van der Waals surface area contributed by atoms with Gasteiger partial charge in [0.2, 0.25) is 10.0 Å². The summed E-state index contributed by atoms with van der Waals surface area (Å²) in [5, 5.41) is 2.90. The molecule has 1 aliphatic rings. The summed E-state index contributed by atoms with van der Waals surface area (Å²) in [5.74, 6) is 0. The van der Waals surface area contributed by atoms with Crippen molar-refractivity contribution in [3.63, 3.8) is 0 Å². The highest BCUT2D eigenvalue weighted by Crippen LogP contribution is 2.16. The van der Waals surface area contributed by atoms with E-state index in [1.807, 2.05) is 18.2 Å². The smallest absolute Gasteiger partial charge is 0.317 e. The number of hydrogen-bond donors (Lipinski definition) is 2. The Hall–Kier alpha value is -1.67. The van der Waals surface area contributed by atoms with Crippen molar-refractivity contribution in [1.29, 1.82) is 0 Å². The Balaban J connectivity index is 1.82. The van der Waals surface area contributed by atoms with Gasteiger partial charge >= 0.3 is 6.03 Å². The van der Waals surface area contributed by atoms with Gasteiger partial charge in [-0.3, -0.25) is 4.98 Å². The van der Waals surface area contributed by atoms with Gasteiger partial charge in [-0.05, 0) is 31.4 Å². The molecular formula is C15H24N4O3S. The van der Waals surface area contributed by atoms with E-state index >= 15 is 0 Å². The first-order chi connectivity index (χ1) is 11.0. The van der Waals surface area contributed by atoms with Crippen LogP contribution in [0.2, 0.25) is 0 Å². The molecule has 1 saturated heterocycles. The standard InChI is InChI=1S/C15H24N4O3S/c1-23(21,22)18-12-14-7-3-5-11-19(14)15(20)17-10-8-13-6-2-4-9-16-13/h2,4,6,9,14,18H,3,5,7-8,10-12H2,1H3,(H,17,20). The van der Waals surface area contributed by atoms with Gasteiger partial charge in [-0.25, -0.2) is 17.9 Å². The van der Waals surface area contributed by atoms with Crippen molar-refractivity contribution in [1.82, 2.24) is 19.9 Å². The Bertz CT molecular complexity index is 606. The lowest BCUT2D eigenvalue weighted by Gasteiger charge is -2.35. The Morgan fingerprint density at radius 2 is 2.22 bits per heavy atom. The van der Waals surface area contributed by atoms with Crippen LogP contribution in [0.1, 0.15) is 25.0 Å². The summed E-state index contributed by atoms with van der Waals surface area (Å²) >= 11 is 0. The van der Waals surface area contributed by atoms with Crippen molar-refractivity contribution in [2.45, 2.75) is 31.7 Å². The van der Waals surface area contributed by atoms with Crippen molar-refractivity contribution >= 4 is 16.1 Å². The van der Waals surface area contributed by atoms with Crippen LogP contribution in [0.4, 0.5) is 4.79 Å². The Labute approximate surface area is 137 Å². The SMILES string of the molecule is CS(=O)(=O)NCC1CCCCN1C(=O)NCCc1ccccn1. The molecule has 0 radical (unpaired) electrons. The van der Waals surface area contributed by atoms with Crippen LogP contribution < -0.4 is 10.0 Å². The molecular weight excluding hydrogens is 316 g/mol. The number of urea groups is 1. The van der Waals surface area contributed by atoms with Crippen LogP contribution in [0.3, 0.4) is 0 Å². The predicted molar refractivity (Wildman–Crippen MR) is 88.5 cm³/mol. The van der Waals surface area contributed by atoms with Crippen molar-refractivity contribution < 1.29 is 13.2 Å². The molecule has 1 unspecified atom stereocenters. The van der Waals surface area contributed by atoms with E-state index < -0.39 is 10.0 Å². The minimum absolute atomic E-state index is 0.0895. The van der Waals surface area contributed by atoms with E-state index in [4.69, 9.17) is 0 Å². The van der Waals surface area contributed by atoms with Crippen molar-refractivity contribution in [3.05, 3.63) is 30.1 Å². The lowest BCUT2D eigenvalue weighted by molar-refractivity contribution is 0.152. The van der Waals surface area contributed by atoms with Crippen LogP contribution in [0.5, 0.6) is 0 Å². The van der Waals surface area contributed by atoms with Crippen molar-refractivity contribution in [3.8, 4) is 0 Å². The lowest BCUT2D eigenvalue weighted by atomic mass is 10.0. The summed E-state index contributed by atoms with van der Waals surface area (Å²) in [4.78, 5) is 18.3. The highest BCUT2D eigenvalue weighted by Gasteiger charge is 2.26. The van der Waals surface area contributed by atoms with Crippen LogP contribution in [-0.4, -0.2) is 56.3 Å².